The zero-order valence-electron chi connectivity index (χ0n) is 18.1. The smallest absolute Gasteiger partial charge is 0.286 e. The van der Waals surface area contributed by atoms with Crippen molar-refractivity contribution in [1.82, 2.24) is 5.32 Å². The molecule has 0 saturated heterocycles. The van der Waals surface area contributed by atoms with Crippen LogP contribution in [-0.4, -0.2) is 23.3 Å². The molecular weight excluding hydrogens is 402 g/mol. The SMILES string of the molecule is C#Cc1ccc([C@H]2C=C(C(=O)NC3CCCC3)O[C@@H](OCc3ccc(CO)cc3)C2)cc1. The third-order valence-electron chi connectivity index (χ3n) is 6.12. The molecule has 2 N–H and O–H groups in total. The van der Waals surface area contributed by atoms with Gasteiger partial charge in [-0.2, -0.15) is 0 Å². The van der Waals surface area contributed by atoms with Crippen LogP contribution >= 0.6 is 0 Å². The van der Waals surface area contributed by atoms with Gasteiger partial charge in [0.1, 0.15) is 0 Å². The van der Waals surface area contributed by atoms with Crippen LogP contribution in [0.1, 0.15) is 60.3 Å². The van der Waals surface area contributed by atoms with Gasteiger partial charge in [-0.1, -0.05) is 55.2 Å². The van der Waals surface area contributed by atoms with Crippen LogP contribution < -0.4 is 5.32 Å². The maximum atomic E-state index is 12.9. The highest BCUT2D eigenvalue weighted by Gasteiger charge is 2.30. The number of ether oxygens (including phenoxy) is 2. The molecule has 0 bridgehead atoms. The minimum atomic E-state index is -0.542. The van der Waals surface area contributed by atoms with Crippen molar-refractivity contribution in [3.8, 4) is 12.3 Å². The van der Waals surface area contributed by atoms with E-state index in [1.54, 1.807) is 0 Å². The van der Waals surface area contributed by atoms with Crippen molar-refractivity contribution in [3.05, 3.63) is 82.6 Å². The molecule has 1 fully saturated rings. The summed E-state index contributed by atoms with van der Waals surface area (Å²) in [6.07, 6.45) is 11.8. The van der Waals surface area contributed by atoms with Crippen LogP contribution in [0.15, 0.2) is 60.4 Å². The van der Waals surface area contributed by atoms with Gasteiger partial charge in [-0.15, -0.1) is 6.42 Å². The summed E-state index contributed by atoms with van der Waals surface area (Å²) >= 11 is 0. The fourth-order valence-electron chi connectivity index (χ4n) is 4.23. The molecule has 1 saturated carbocycles. The Morgan fingerprint density at radius 2 is 1.78 bits per heavy atom. The van der Waals surface area contributed by atoms with E-state index >= 15 is 0 Å². The zero-order valence-corrected chi connectivity index (χ0v) is 18.1. The number of amides is 1. The van der Waals surface area contributed by atoms with Crippen molar-refractivity contribution in [2.45, 2.75) is 63.6 Å². The molecule has 1 heterocycles. The molecule has 4 rings (SSSR count). The lowest BCUT2D eigenvalue weighted by Gasteiger charge is -2.30. The third-order valence-corrected chi connectivity index (χ3v) is 6.12. The maximum Gasteiger partial charge on any atom is 0.286 e. The number of carbonyl (C=O) groups excluding carboxylic acids is 1. The van der Waals surface area contributed by atoms with E-state index in [0.717, 1.165) is 47.9 Å². The fourth-order valence-corrected chi connectivity index (χ4v) is 4.23. The number of rotatable bonds is 7. The predicted molar refractivity (Wildman–Crippen MR) is 122 cm³/mol. The van der Waals surface area contributed by atoms with Crippen LogP contribution in [-0.2, 0) is 27.5 Å². The fraction of sp³-hybridized carbons (Fsp3) is 0.370. The first-order valence-corrected chi connectivity index (χ1v) is 11.2. The van der Waals surface area contributed by atoms with Crippen LogP contribution in [0.3, 0.4) is 0 Å². The average Bonchev–Trinajstić information content (AvgIpc) is 3.36. The van der Waals surface area contributed by atoms with Crippen LogP contribution in [0.2, 0.25) is 0 Å². The lowest BCUT2D eigenvalue weighted by Crippen LogP contribution is -2.37. The highest BCUT2D eigenvalue weighted by molar-refractivity contribution is 5.92. The molecule has 2 aromatic carbocycles. The Morgan fingerprint density at radius 3 is 2.44 bits per heavy atom. The Kier molecular flexibility index (Phi) is 7.26. The number of hydrogen-bond donors (Lipinski definition) is 2. The van der Waals surface area contributed by atoms with E-state index in [4.69, 9.17) is 15.9 Å². The lowest BCUT2D eigenvalue weighted by molar-refractivity contribution is -0.150. The van der Waals surface area contributed by atoms with Gasteiger partial charge in [0.2, 0.25) is 6.29 Å². The van der Waals surface area contributed by atoms with Crippen LogP contribution in [0.25, 0.3) is 0 Å². The number of aliphatic hydroxyl groups excluding tert-OH is 1. The Bertz CT molecular complexity index is 982. The highest BCUT2D eigenvalue weighted by Crippen LogP contribution is 2.32. The summed E-state index contributed by atoms with van der Waals surface area (Å²) < 4.78 is 12.0. The quantitative estimate of drug-likeness (QED) is 0.647. The summed E-state index contributed by atoms with van der Waals surface area (Å²) in [5, 5.41) is 12.3. The Morgan fingerprint density at radius 1 is 1.09 bits per heavy atom. The molecule has 1 amide bonds. The van der Waals surface area contributed by atoms with Crippen LogP contribution in [0.4, 0.5) is 0 Å². The van der Waals surface area contributed by atoms with Crippen molar-refractivity contribution in [2.75, 3.05) is 0 Å². The lowest BCUT2D eigenvalue weighted by atomic mass is 9.92. The maximum absolute atomic E-state index is 12.9. The molecule has 2 aliphatic rings. The van der Waals surface area contributed by atoms with E-state index < -0.39 is 6.29 Å². The average molecular weight is 432 g/mol. The van der Waals surface area contributed by atoms with Crippen molar-refractivity contribution in [2.24, 2.45) is 0 Å². The Labute approximate surface area is 189 Å². The van der Waals surface area contributed by atoms with Gasteiger partial charge in [-0.3, -0.25) is 4.79 Å². The second-order valence-corrected chi connectivity index (χ2v) is 8.43. The third kappa shape index (κ3) is 5.59. The van der Waals surface area contributed by atoms with E-state index in [1.165, 1.54) is 0 Å². The van der Waals surface area contributed by atoms with Gasteiger partial charge in [0.25, 0.3) is 5.91 Å². The molecule has 0 unspecified atom stereocenters. The van der Waals surface area contributed by atoms with E-state index in [2.05, 4.69) is 11.2 Å². The second-order valence-electron chi connectivity index (χ2n) is 8.43. The van der Waals surface area contributed by atoms with Gasteiger partial charge in [0.05, 0.1) is 13.2 Å². The summed E-state index contributed by atoms with van der Waals surface area (Å²) in [7, 11) is 0. The Balaban J connectivity index is 1.48. The molecule has 0 aromatic heterocycles. The molecule has 1 aliphatic carbocycles. The summed E-state index contributed by atoms with van der Waals surface area (Å²) in [6, 6.07) is 15.6. The van der Waals surface area contributed by atoms with Gasteiger partial charge in [0, 0.05) is 23.9 Å². The van der Waals surface area contributed by atoms with Gasteiger partial charge < -0.3 is 19.9 Å². The van der Waals surface area contributed by atoms with E-state index in [0.29, 0.717) is 18.8 Å². The number of allylic oxidation sites excluding steroid dienone is 1. The molecule has 1 aliphatic heterocycles. The van der Waals surface area contributed by atoms with Crippen molar-refractivity contribution in [3.63, 3.8) is 0 Å². The highest BCUT2D eigenvalue weighted by atomic mass is 16.7. The normalized spacial score (nSPS) is 20.8. The topological polar surface area (TPSA) is 67.8 Å². The van der Waals surface area contributed by atoms with Gasteiger partial charge in [0.15, 0.2) is 5.76 Å². The molecule has 5 nitrogen and oxygen atoms in total. The molecule has 32 heavy (non-hydrogen) atoms. The number of terminal acetylenes is 1. The standard InChI is InChI=1S/C27H29NO4/c1-2-19-11-13-22(14-12-19)23-15-25(27(30)28-24-5-3-4-6-24)32-26(16-23)31-18-21-9-7-20(17-29)8-10-21/h1,7-15,23-24,26,29H,3-6,16-18H2,(H,28,30)/t23-,26+/m0/s1. The molecule has 2 atom stereocenters. The first-order valence-electron chi connectivity index (χ1n) is 11.2. The van der Waals surface area contributed by atoms with Gasteiger partial charge >= 0.3 is 0 Å². The summed E-state index contributed by atoms with van der Waals surface area (Å²) in [5.41, 5.74) is 3.72. The van der Waals surface area contributed by atoms with Crippen molar-refractivity contribution >= 4 is 5.91 Å². The number of nitrogens with one attached hydrogen (secondary N) is 1. The molecule has 5 heteroatoms. The van der Waals surface area contributed by atoms with Gasteiger partial charge in [-0.25, -0.2) is 0 Å². The van der Waals surface area contributed by atoms with Crippen LogP contribution in [0.5, 0.6) is 0 Å². The minimum absolute atomic E-state index is 0.0112. The molecular formula is C27H29NO4. The number of aliphatic hydroxyl groups is 1. The van der Waals surface area contributed by atoms with E-state index in [-0.39, 0.29) is 24.5 Å². The summed E-state index contributed by atoms with van der Waals surface area (Å²) in [6.45, 7) is 0.369. The minimum Gasteiger partial charge on any atom is -0.459 e. The molecule has 2 aromatic rings. The molecule has 0 radical (unpaired) electrons. The molecule has 0 spiro atoms. The zero-order chi connectivity index (χ0) is 22.3. The second kappa shape index (κ2) is 10.5. The number of hydrogen-bond acceptors (Lipinski definition) is 4. The number of benzene rings is 2. The van der Waals surface area contributed by atoms with E-state index in [9.17, 15) is 9.90 Å². The van der Waals surface area contributed by atoms with Crippen molar-refractivity contribution in [1.29, 1.82) is 0 Å². The first kappa shape index (κ1) is 22.1. The predicted octanol–water partition coefficient (Wildman–Crippen LogP) is 4.15. The Hall–Kier alpha value is -3.07. The largest absolute Gasteiger partial charge is 0.459 e. The number of carbonyl (C=O) groups is 1. The first-order chi connectivity index (χ1) is 15.6. The summed E-state index contributed by atoms with van der Waals surface area (Å²) in [5.74, 6) is 2.76. The van der Waals surface area contributed by atoms with Crippen LogP contribution in [0, 0.1) is 12.3 Å². The van der Waals surface area contributed by atoms with Gasteiger partial charge in [-0.05, 0) is 47.7 Å². The van der Waals surface area contributed by atoms with Crippen molar-refractivity contribution < 1.29 is 19.4 Å². The van der Waals surface area contributed by atoms with E-state index in [1.807, 2.05) is 54.6 Å². The monoisotopic (exact) mass is 431 g/mol. The summed E-state index contributed by atoms with van der Waals surface area (Å²) in [4.78, 5) is 12.9. The molecule has 166 valence electrons.